The molecule has 0 saturated heterocycles. The van der Waals surface area contributed by atoms with E-state index in [1.807, 2.05) is 0 Å². The Morgan fingerprint density at radius 2 is 1.88 bits per heavy atom. The van der Waals surface area contributed by atoms with E-state index in [1.165, 1.54) is 25.7 Å². The summed E-state index contributed by atoms with van der Waals surface area (Å²) < 4.78 is 5.15. The first kappa shape index (κ1) is 13.5. The molecule has 3 heteroatoms. The highest BCUT2D eigenvalue weighted by molar-refractivity contribution is 5.76. The normalized spacial score (nSPS) is 17.1. The third-order valence-corrected chi connectivity index (χ3v) is 3.14. The van der Waals surface area contributed by atoms with Crippen molar-refractivity contribution in [2.45, 2.75) is 64.3 Å². The van der Waals surface area contributed by atoms with Crippen molar-refractivity contribution in [1.29, 1.82) is 0 Å². The highest BCUT2D eigenvalue weighted by Crippen LogP contribution is 2.31. The van der Waals surface area contributed by atoms with Crippen molar-refractivity contribution >= 4 is 5.97 Å². The molecular formula is C13H25NO2. The van der Waals surface area contributed by atoms with Crippen LogP contribution < -0.4 is 5.73 Å². The molecule has 0 spiro atoms. The fourth-order valence-corrected chi connectivity index (χ4v) is 1.80. The van der Waals surface area contributed by atoms with Crippen molar-refractivity contribution in [3.63, 3.8) is 0 Å². The number of ether oxygens (including phenoxy) is 1. The quantitative estimate of drug-likeness (QED) is 0.486. The first-order valence-corrected chi connectivity index (χ1v) is 6.68. The molecular weight excluding hydrogens is 202 g/mol. The maximum atomic E-state index is 11.4. The van der Waals surface area contributed by atoms with Gasteiger partial charge in [0.25, 0.3) is 0 Å². The Morgan fingerprint density at radius 1 is 1.25 bits per heavy atom. The van der Waals surface area contributed by atoms with Crippen molar-refractivity contribution < 1.29 is 9.53 Å². The largest absolute Gasteiger partial charge is 0.465 e. The number of rotatable bonds is 9. The van der Waals surface area contributed by atoms with Crippen LogP contribution in [0.25, 0.3) is 0 Å². The van der Waals surface area contributed by atoms with E-state index in [9.17, 15) is 4.79 Å². The van der Waals surface area contributed by atoms with Gasteiger partial charge < -0.3 is 10.5 Å². The molecule has 94 valence electrons. The Bertz CT molecular complexity index is 202. The molecule has 0 aromatic carbocycles. The van der Waals surface area contributed by atoms with Crippen LogP contribution in [0.15, 0.2) is 0 Å². The van der Waals surface area contributed by atoms with Crippen LogP contribution in [0, 0.1) is 5.92 Å². The molecule has 0 heterocycles. The Morgan fingerprint density at radius 3 is 2.50 bits per heavy atom. The number of hydrogen-bond donors (Lipinski definition) is 1. The van der Waals surface area contributed by atoms with E-state index in [2.05, 4.69) is 6.92 Å². The molecule has 1 saturated carbocycles. The van der Waals surface area contributed by atoms with Gasteiger partial charge in [0.05, 0.1) is 6.61 Å². The molecule has 3 nitrogen and oxygen atoms in total. The predicted molar refractivity (Wildman–Crippen MR) is 65.0 cm³/mol. The van der Waals surface area contributed by atoms with Crippen LogP contribution >= 0.6 is 0 Å². The Hall–Kier alpha value is -0.570. The van der Waals surface area contributed by atoms with Gasteiger partial charge in [-0.3, -0.25) is 4.79 Å². The Labute approximate surface area is 98.7 Å². The molecule has 1 aliphatic carbocycles. The zero-order valence-corrected chi connectivity index (χ0v) is 10.4. The lowest BCUT2D eigenvalue weighted by atomic mass is 10.1. The second kappa shape index (κ2) is 7.66. The summed E-state index contributed by atoms with van der Waals surface area (Å²) >= 11 is 0. The lowest BCUT2D eigenvalue weighted by Gasteiger charge is -2.10. The van der Waals surface area contributed by atoms with Gasteiger partial charge in [0, 0.05) is 0 Å². The van der Waals surface area contributed by atoms with Crippen LogP contribution in [0.5, 0.6) is 0 Å². The maximum absolute atomic E-state index is 11.4. The molecule has 0 radical (unpaired) electrons. The third-order valence-electron chi connectivity index (χ3n) is 3.14. The summed E-state index contributed by atoms with van der Waals surface area (Å²) in [4.78, 5) is 11.4. The second-order valence-electron chi connectivity index (χ2n) is 4.80. The van der Waals surface area contributed by atoms with Crippen LogP contribution in [-0.4, -0.2) is 18.6 Å². The minimum absolute atomic E-state index is 0.198. The molecule has 0 aliphatic heterocycles. The summed E-state index contributed by atoms with van der Waals surface area (Å²) in [6.07, 6.45) is 9.45. The molecule has 1 aliphatic rings. The number of hydrogen-bond acceptors (Lipinski definition) is 3. The van der Waals surface area contributed by atoms with Gasteiger partial charge in [0.2, 0.25) is 0 Å². The van der Waals surface area contributed by atoms with Crippen LogP contribution in [0.4, 0.5) is 0 Å². The molecule has 0 amide bonds. The average Bonchev–Trinajstić information content (AvgIpc) is 3.10. The van der Waals surface area contributed by atoms with Crippen molar-refractivity contribution in [3.05, 3.63) is 0 Å². The van der Waals surface area contributed by atoms with Crippen molar-refractivity contribution in [1.82, 2.24) is 0 Å². The van der Waals surface area contributed by atoms with Crippen LogP contribution in [0.2, 0.25) is 0 Å². The lowest BCUT2D eigenvalue weighted by Crippen LogP contribution is -2.34. The molecule has 0 bridgehead atoms. The van der Waals surface area contributed by atoms with E-state index in [0.29, 0.717) is 12.5 Å². The van der Waals surface area contributed by atoms with Crippen LogP contribution in [0.3, 0.4) is 0 Å². The topological polar surface area (TPSA) is 52.3 Å². The van der Waals surface area contributed by atoms with E-state index >= 15 is 0 Å². The van der Waals surface area contributed by atoms with Crippen LogP contribution in [0.1, 0.15) is 58.3 Å². The van der Waals surface area contributed by atoms with E-state index in [1.54, 1.807) is 0 Å². The van der Waals surface area contributed by atoms with Gasteiger partial charge in [-0.05, 0) is 25.2 Å². The van der Waals surface area contributed by atoms with Gasteiger partial charge in [0.1, 0.15) is 6.04 Å². The summed E-state index contributed by atoms with van der Waals surface area (Å²) in [7, 11) is 0. The Balaban J connectivity index is 1.88. The highest BCUT2D eigenvalue weighted by atomic mass is 16.5. The van der Waals surface area contributed by atoms with Crippen molar-refractivity contribution in [3.8, 4) is 0 Å². The molecule has 0 aromatic heterocycles. The summed E-state index contributed by atoms with van der Waals surface area (Å²) in [5.41, 5.74) is 5.73. The number of esters is 1. The summed E-state index contributed by atoms with van der Waals surface area (Å²) in [5.74, 6) is 0.202. The van der Waals surface area contributed by atoms with E-state index < -0.39 is 0 Å². The molecule has 0 aromatic rings. The van der Waals surface area contributed by atoms with E-state index in [4.69, 9.17) is 10.5 Å². The Kier molecular flexibility index (Phi) is 6.46. The smallest absolute Gasteiger partial charge is 0.323 e. The highest BCUT2D eigenvalue weighted by Gasteiger charge is 2.34. The second-order valence-corrected chi connectivity index (χ2v) is 4.80. The summed E-state index contributed by atoms with van der Waals surface area (Å²) in [6, 6.07) is -0.361. The predicted octanol–water partition coefficient (Wildman–Crippen LogP) is 2.63. The standard InChI is InChI=1S/C13H25NO2/c1-2-3-4-5-6-7-10-16-13(15)12(14)11-8-9-11/h11-12H,2-10,14H2,1H3. The van der Waals surface area contributed by atoms with Gasteiger partial charge in [-0.1, -0.05) is 39.0 Å². The van der Waals surface area contributed by atoms with Gasteiger partial charge in [-0.25, -0.2) is 0 Å². The van der Waals surface area contributed by atoms with Crippen molar-refractivity contribution in [2.75, 3.05) is 6.61 Å². The van der Waals surface area contributed by atoms with E-state index in [0.717, 1.165) is 25.7 Å². The van der Waals surface area contributed by atoms with Gasteiger partial charge in [0.15, 0.2) is 0 Å². The summed E-state index contributed by atoms with van der Waals surface area (Å²) in [6.45, 7) is 2.76. The molecule has 1 rings (SSSR count). The van der Waals surface area contributed by atoms with Gasteiger partial charge in [-0.2, -0.15) is 0 Å². The maximum Gasteiger partial charge on any atom is 0.323 e. The van der Waals surface area contributed by atoms with Crippen LogP contribution in [-0.2, 0) is 9.53 Å². The number of nitrogens with two attached hydrogens (primary N) is 1. The minimum atomic E-state index is -0.361. The van der Waals surface area contributed by atoms with Gasteiger partial charge in [-0.15, -0.1) is 0 Å². The van der Waals surface area contributed by atoms with E-state index in [-0.39, 0.29) is 12.0 Å². The minimum Gasteiger partial charge on any atom is -0.465 e. The average molecular weight is 227 g/mol. The number of carbonyl (C=O) groups is 1. The first-order valence-electron chi connectivity index (χ1n) is 6.68. The fraction of sp³-hybridized carbons (Fsp3) is 0.923. The molecule has 2 N–H and O–H groups in total. The molecule has 1 unspecified atom stereocenters. The third kappa shape index (κ3) is 5.50. The molecule has 1 atom stereocenters. The monoisotopic (exact) mass is 227 g/mol. The molecule has 16 heavy (non-hydrogen) atoms. The summed E-state index contributed by atoms with van der Waals surface area (Å²) in [5, 5.41) is 0. The molecule has 1 fully saturated rings. The van der Waals surface area contributed by atoms with Gasteiger partial charge >= 0.3 is 5.97 Å². The zero-order chi connectivity index (χ0) is 11.8. The lowest BCUT2D eigenvalue weighted by molar-refractivity contribution is -0.145. The number of carbonyl (C=O) groups excluding carboxylic acids is 1. The number of unbranched alkanes of at least 4 members (excludes halogenated alkanes) is 5. The van der Waals surface area contributed by atoms with Crippen molar-refractivity contribution in [2.24, 2.45) is 11.7 Å². The first-order chi connectivity index (χ1) is 7.75. The zero-order valence-electron chi connectivity index (χ0n) is 10.4. The fourth-order valence-electron chi connectivity index (χ4n) is 1.80. The SMILES string of the molecule is CCCCCCCCOC(=O)C(N)C1CC1.